The van der Waals surface area contributed by atoms with Gasteiger partial charge in [-0.3, -0.25) is 0 Å². The van der Waals surface area contributed by atoms with Gasteiger partial charge in [0.15, 0.2) is 0 Å². The Bertz CT molecular complexity index is 358. The number of rotatable bonds is 2. The average molecular weight is 211 g/mol. The molecule has 0 unspecified atom stereocenters. The van der Waals surface area contributed by atoms with Crippen LogP contribution >= 0.6 is 0 Å². The number of hydrogen-bond donors (Lipinski definition) is 1. The molecule has 0 radical (unpaired) electrons. The molecule has 0 bridgehead atoms. The molecule has 0 fully saturated rings. The van der Waals surface area contributed by atoms with Gasteiger partial charge in [-0.2, -0.15) is 5.26 Å². The summed E-state index contributed by atoms with van der Waals surface area (Å²) in [7, 11) is 1.34. The highest BCUT2D eigenvalue weighted by molar-refractivity contribution is 5.46. The van der Waals surface area contributed by atoms with Crippen molar-refractivity contribution in [1.82, 2.24) is 0 Å². The molecule has 0 spiro atoms. The van der Waals surface area contributed by atoms with Gasteiger partial charge in [0.25, 0.3) is 0 Å². The molecule has 15 heavy (non-hydrogen) atoms. The topological polar surface area (TPSA) is 53.2 Å². The molecular formula is C11H14FNO2. The third kappa shape index (κ3) is 3.22. The highest BCUT2D eigenvalue weighted by atomic mass is 19.1. The van der Waals surface area contributed by atoms with Gasteiger partial charge < -0.3 is 9.84 Å². The molecule has 82 valence electrons. The van der Waals surface area contributed by atoms with Gasteiger partial charge in [-0.15, -0.1) is 0 Å². The largest absolute Gasteiger partial charge is 0.495 e. The van der Waals surface area contributed by atoms with Crippen molar-refractivity contribution in [2.24, 2.45) is 0 Å². The summed E-state index contributed by atoms with van der Waals surface area (Å²) >= 11 is 0. The van der Waals surface area contributed by atoms with E-state index in [4.69, 9.17) is 15.1 Å². The van der Waals surface area contributed by atoms with E-state index in [9.17, 15) is 4.39 Å². The first-order valence-electron chi connectivity index (χ1n) is 4.60. The van der Waals surface area contributed by atoms with Gasteiger partial charge in [0.1, 0.15) is 23.2 Å². The van der Waals surface area contributed by atoms with Crippen molar-refractivity contribution in [3.63, 3.8) is 0 Å². The lowest BCUT2D eigenvalue weighted by Crippen LogP contribution is -1.95. The fourth-order valence-corrected chi connectivity index (χ4v) is 0.996. The van der Waals surface area contributed by atoms with Crippen molar-refractivity contribution in [3.05, 3.63) is 29.1 Å². The quantitative estimate of drug-likeness (QED) is 0.816. The van der Waals surface area contributed by atoms with E-state index >= 15 is 0 Å². The number of benzene rings is 1. The Morgan fingerprint density at radius 1 is 1.47 bits per heavy atom. The van der Waals surface area contributed by atoms with Crippen LogP contribution in [0.2, 0.25) is 0 Å². The molecule has 1 N–H and O–H groups in total. The van der Waals surface area contributed by atoms with Crippen LogP contribution in [0.5, 0.6) is 5.75 Å². The molecule has 0 amide bonds. The Labute approximate surface area is 88.7 Å². The lowest BCUT2D eigenvalue weighted by atomic mass is 10.1. The monoisotopic (exact) mass is 211 g/mol. The molecule has 0 heterocycles. The van der Waals surface area contributed by atoms with Gasteiger partial charge >= 0.3 is 0 Å². The zero-order valence-electron chi connectivity index (χ0n) is 9.04. The Balaban J connectivity index is 0.000000921. The number of hydrogen-bond acceptors (Lipinski definition) is 3. The van der Waals surface area contributed by atoms with Crippen molar-refractivity contribution in [3.8, 4) is 11.8 Å². The molecule has 1 aromatic rings. The molecule has 0 saturated carbocycles. The fourth-order valence-electron chi connectivity index (χ4n) is 0.996. The van der Waals surface area contributed by atoms with Crippen molar-refractivity contribution >= 4 is 0 Å². The highest BCUT2D eigenvalue weighted by Gasteiger charge is 2.10. The van der Waals surface area contributed by atoms with Gasteiger partial charge in [-0.05, 0) is 17.7 Å². The average Bonchev–Trinajstić information content (AvgIpc) is 2.30. The van der Waals surface area contributed by atoms with Gasteiger partial charge in [0.2, 0.25) is 0 Å². The van der Waals surface area contributed by atoms with Crippen LogP contribution in [0.15, 0.2) is 12.1 Å². The zero-order valence-corrected chi connectivity index (χ0v) is 9.04. The Kier molecular flexibility index (Phi) is 6.07. The van der Waals surface area contributed by atoms with E-state index in [0.29, 0.717) is 5.56 Å². The highest BCUT2D eigenvalue weighted by Crippen LogP contribution is 2.22. The van der Waals surface area contributed by atoms with E-state index in [0.717, 1.165) is 6.07 Å². The van der Waals surface area contributed by atoms with Crippen molar-refractivity contribution < 1.29 is 14.2 Å². The van der Waals surface area contributed by atoms with Crippen molar-refractivity contribution in [1.29, 1.82) is 5.26 Å². The predicted octanol–water partition coefficient (Wildman–Crippen LogP) is 2.22. The normalized spacial score (nSPS) is 8.53. The summed E-state index contributed by atoms with van der Waals surface area (Å²) in [5.74, 6) is -0.530. The minimum Gasteiger partial charge on any atom is -0.495 e. The first-order chi connectivity index (χ1) is 7.22. The summed E-state index contributed by atoms with van der Waals surface area (Å²) in [6.45, 7) is 3.72. The molecule has 0 atom stereocenters. The lowest BCUT2D eigenvalue weighted by Gasteiger charge is -2.05. The number of nitriles is 1. The second kappa shape index (κ2) is 6.80. The van der Waals surface area contributed by atoms with E-state index < -0.39 is 5.82 Å². The molecule has 0 aliphatic carbocycles. The van der Waals surface area contributed by atoms with Crippen LogP contribution in [0.3, 0.4) is 0 Å². The van der Waals surface area contributed by atoms with Gasteiger partial charge in [-0.1, -0.05) is 13.8 Å². The molecule has 4 heteroatoms. The van der Waals surface area contributed by atoms with Crippen LogP contribution in [-0.4, -0.2) is 12.2 Å². The van der Waals surface area contributed by atoms with Crippen LogP contribution in [0.1, 0.15) is 25.0 Å². The van der Waals surface area contributed by atoms with Crippen LogP contribution in [-0.2, 0) is 6.61 Å². The van der Waals surface area contributed by atoms with E-state index in [-0.39, 0.29) is 17.9 Å². The molecule has 3 nitrogen and oxygen atoms in total. The maximum absolute atomic E-state index is 13.1. The van der Waals surface area contributed by atoms with Gasteiger partial charge in [0.05, 0.1) is 13.7 Å². The number of aliphatic hydroxyl groups excluding tert-OH is 1. The Morgan fingerprint density at radius 3 is 2.47 bits per heavy atom. The van der Waals surface area contributed by atoms with E-state index in [1.165, 1.54) is 13.2 Å². The second-order valence-corrected chi connectivity index (χ2v) is 2.42. The third-order valence-corrected chi connectivity index (χ3v) is 1.63. The number of methoxy groups -OCH3 is 1. The van der Waals surface area contributed by atoms with Gasteiger partial charge in [-0.25, -0.2) is 4.39 Å². The molecule has 0 aliphatic rings. The Morgan fingerprint density at radius 2 is 2.07 bits per heavy atom. The molecule has 0 saturated heterocycles. The Hall–Kier alpha value is -1.60. The van der Waals surface area contributed by atoms with E-state index in [1.54, 1.807) is 6.07 Å². The van der Waals surface area contributed by atoms with Crippen LogP contribution in [0.4, 0.5) is 4.39 Å². The summed E-state index contributed by atoms with van der Waals surface area (Å²) in [4.78, 5) is 0. The van der Waals surface area contributed by atoms with Crippen LogP contribution in [0.25, 0.3) is 0 Å². The maximum atomic E-state index is 13.1. The SMILES string of the molecule is CC.COc1cc(CO)cc(F)c1C#N. The molecule has 1 rings (SSSR count). The molecule has 1 aromatic carbocycles. The first-order valence-corrected chi connectivity index (χ1v) is 4.60. The second-order valence-electron chi connectivity index (χ2n) is 2.42. The lowest BCUT2D eigenvalue weighted by molar-refractivity contribution is 0.280. The molecule has 0 aliphatic heterocycles. The predicted molar refractivity (Wildman–Crippen MR) is 54.9 cm³/mol. The minimum atomic E-state index is -0.675. The summed E-state index contributed by atoms with van der Waals surface area (Å²) in [6, 6.07) is 4.23. The number of nitrogens with zero attached hydrogens (tertiary/aromatic N) is 1. The first kappa shape index (κ1) is 13.4. The van der Waals surface area contributed by atoms with E-state index in [2.05, 4.69) is 0 Å². The summed E-state index contributed by atoms with van der Waals surface area (Å²) in [5.41, 5.74) is 0.244. The van der Waals surface area contributed by atoms with E-state index in [1.807, 2.05) is 13.8 Å². The number of aliphatic hydroxyl groups is 1. The standard InChI is InChI=1S/C9H8FNO2.C2H6/c1-13-9-3-6(5-12)2-8(10)7(9)4-11;1-2/h2-3,12H,5H2,1H3;1-2H3. The number of ether oxygens (including phenoxy) is 1. The summed E-state index contributed by atoms with van der Waals surface area (Å²) < 4.78 is 17.9. The zero-order chi connectivity index (χ0) is 11.8. The van der Waals surface area contributed by atoms with Crippen LogP contribution < -0.4 is 4.74 Å². The summed E-state index contributed by atoms with van der Waals surface area (Å²) in [5, 5.41) is 17.3. The van der Waals surface area contributed by atoms with Crippen molar-refractivity contribution in [2.75, 3.05) is 7.11 Å². The molecule has 0 aromatic heterocycles. The maximum Gasteiger partial charge on any atom is 0.145 e. The van der Waals surface area contributed by atoms with Crippen molar-refractivity contribution in [2.45, 2.75) is 20.5 Å². The third-order valence-electron chi connectivity index (χ3n) is 1.63. The smallest absolute Gasteiger partial charge is 0.145 e. The minimum absolute atomic E-state index is 0.139. The van der Waals surface area contributed by atoms with Crippen LogP contribution in [0, 0.1) is 17.1 Å². The summed E-state index contributed by atoms with van der Waals surface area (Å²) in [6.07, 6.45) is 0. The molecular weight excluding hydrogens is 197 g/mol. The number of halogens is 1. The fraction of sp³-hybridized carbons (Fsp3) is 0.364. The van der Waals surface area contributed by atoms with Gasteiger partial charge in [0, 0.05) is 0 Å².